The molecule has 49 heavy (non-hydrogen) atoms. The van der Waals surface area contributed by atoms with E-state index in [2.05, 4.69) is 26.2 Å². The molecule has 6 atom stereocenters. The average molecular weight is 672 g/mol. The molecular weight excluding hydrogens is 634 g/mol. The number of aliphatic hydroxyl groups is 2. The van der Waals surface area contributed by atoms with Crippen molar-refractivity contribution in [3.63, 3.8) is 0 Å². The number of aromatic nitrogens is 7. The lowest BCUT2D eigenvalue weighted by atomic mass is 10.0. The Morgan fingerprint density at radius 1 is 0.837 bits per heavy atom. The molecule has 4 aromatic rings. The fourth-order valence-electron chi connectivity index (χ4n) is 5.57. The van der Waals surface area contributed by atoms with E-state index in [9.17, 15) is 29.4 Å². The number of aliphatic hydroxyl groups excluding tert-OH is 2. The maximum absolute atomic E-state index is 12.2. The van der Waals surface area contributed by atoms with Gasteiger partial charge in [0.2, 0.25) is 0 Å². The smallest absolute Gasteiger partial charge is 0.330 e. The quantitative estimate of drug-likeness (QED) is 0.198. The van der Waals surface area contributed by atoms with Gasteiger partial charge in [-0.1, -0.05) is 43.2 Å². The second kappa shape index (κ2) is 15.7. The van der Waals surface area contributed by atoms with Crippen LogP contribution in [0.2, 0.25) is 0 Å². The Kier molecular flexibility index (Phi) is 11.2. The van der Waals surface area contributed by atoms with Gasteiger partial charge >= 0.3 is 11.4 Å². The normalized spacial score (nSPS) is 23.5. The molecule has 2 saturated heterocycles. The predicted octanol–water partition coefficient (Wildman–Crippen LogP) is 1.30. The Labute approximate surface area is 279 Å². The van der Waals surface area contributed by atoms with Crippen molar-refractivity contribution >= 4 is 18.2 Å². The van der Waals surface area contributed by atoms with Gasteiger partial charge in [0.25, 0.3) is 11.1 Å². The standard InChI is InChI=1S/C20H21N5O4.C14H16N2O4/c1-13-9-18(29-17(13)12-26)24-10-14(19(27)21-20(24)28)7-8-15-11-25(23-22-15)16-5-3-2-4-6-16;1-3-4-5-10-7-16(14(19)15-13(10)18)12-6-9(2)11(8-17)20-12/h2-8,10-11,13,17-18,26H,9,12H2,1H3,(H,21,27,28);1,4-5,7,9,11-12,17H,6,8H2,2H3,(H,15,18,19)/b8-7+;5-4+/t13-,17-,18-;9-,11-,12-/m11/s1. The third-order valence-corrected chi connectivity index (χ3v) is 8.38. The van der Waals surface area contributed by atoms with Crippen LogP contribution in [-0.2, 0) is 9.47 Å². The lowest BCUT2D eigenvalue weighted by molar-refractivity contribution is -0.0313. The van der Waals surface area contributed by atoms with E-state index < -0.39 is 35.0 Å². The van der Waals surface area contributed by atoms with Crippen molar-refractivity contribution in [2.24, 2.45) is 11.8 Å². The van der Waals surface area contributed by atoms with Crippen LogP contribution in [-0.4, -0.2) is 69.7 Å². The van der Waals surface area contributed by atoms with Gasteiger partial charge in [0.15, 0.2) is 0 Å². The van der Waals surface area contributed by atoms with Crippen molar-refractivity contribution in [2.45, 2.75) is 51.4 Å². The van der Waals surface area contributed by atoms with E-state index in [0.29, 0.717) is 24.1 Å². The number of ether oxygens (including phenoxy) is 2. The molecule has 0 saturated carbocycles. The number of aromatic amines is 2. The van der Waals surface area contributed by atoms with Crippen LogP contribution in [0.25, 0.3) is 23.9 Å². The Hall–Kier alpha value is -5.40. The highest BCUT2D eigenvalue weighted by molar-refractivity contribution is 5.66. The Balaban J connectivity index is 0.000000205. The van der Waals surface area contributed by atoms with Crippen molar-refractivity contribution in [3.05, 3.63) is 113 Å². The Morgan fingerprint density at radius 2 is 1.37 bits per heavy atom. The molecule has 3 aromatic heterocycles. The van der Waals surface area contributed by atoms with Gasteiger partial charge < -0.3 is 19.7 Å². The third kappa shape index (κ3) is 8.19. The highest BCUT2D eigenvalue weighted by Gasteiger charge is 2.34. The Morgan fingerprint density at radius 3 is 1.86 bits per heavy atom. The molecule has 6 rings (SSSR count). The predicted molar refractivity (Wildman–Crippen MR) is 180 cm³/mol. The molecular formula is C34H37N7O8. The summed E-state index contributed by atoms with van der Waals surface area (Å²) in [6.07, 6.45) is 15.3. The van der Waals surface area contributed by atoms with Crippen molar-refractivity contribution < 1.29 is 19.7 Å². The molecule has 15 nitrogen and oxygen atoms in total. The van der Waals surface area contributed by atoms with Gasteiger partial charge in [0, 0.05) is 12.4 Å². The van der Waals surface area contributed by atoms with Gasteiger partial charge in [0.05, 0.1) is 48.4 Å². The minimum Gasteiger partial charge on any atom is -0.394 e. The summed E-state index contributed by atoms with van der Waals surface area (Å²) in [7, 11) is 0. The zero-order valence-electron chi connectivity index (χ0n) is 26.9. The second-order valence-electron chi connectivity index (χ2n) is 11.8. The lowest BCUT2D eigenvalue weighted by Crippen LogP contribution is -2.33. The Bertz CT molecular complexity index is 2090. The molecule has 5 heterocycles. The first-order valence-electron chi connectivity index (χ1n) is 15.6. The van der Waals surface area contributed by atoms with Gasteiger partial charge in [0.1, 0.15) is 18.1 Å². The molecule has 0 aliphatic carbocycles. The summed E-state index contributed by atoms with van der Waals surface area (Å²) in [6.45, 7) is 3.68. The maximum atomic E-state index is 12.2. The van der Waals surface area contributed by atoms with Crippen molar-refractivity contribution in [2.75, 3.05) is 13.2 Å². The minimum absolute atomic E-state index is 0.0976. The summed E-state index contributed by atoms with van der Waals surface area (Å²) in [5.74, 6) is 2.53. The van der Waals surface area contributed by atoms with Crippen LogP contribution in [0.4, 0.5) is 0 Å². The molecule has 0 bridgehead atoms. The molecule has 2 aliphatic rings. The molecule has 2 aliphatic heterocycles. The SMILES string of the molecule is C#C/C=C/c1cn([C@H]2C[C@@H](C)[C@@H](CO)O2)c(=O)[nH]c1=O.C[C@@H]1C[C@H](n2cc(/C=C/c3cn(-c4ccccc4)nn3)c(=O)[nH]c2=O)O[C@@H]1CO. The molecule has 2 fully saturated rings. The van der Waals surface area contributed by atoms with E-state index in [1.165, 1.54) is 33.7 Å². The molecule has 0 unspecified atom stereocenters. The molecule has 15 heteroatoms. The highest BCUT2D eigenvalue weighted by Crippen LogP contribution is 2.32. The number of terminal acetylenes is 1. The summed E-state index contributed by atoms with van der Waals surface area (Å²) in [6, 6.07) is 9.54. The number of hydrogen-bond donors (Lipinski definition) is 4. The van der Waals surface area contributed by atoms with Crippen LogP contribution >= 0.6 is 0 Å². The van der Waals surface area contributed by atoms with Crippen LogP contribution in [0.1, 0.15) is 56.0 Å². The largest absolute Gasteiger partial charge is 0.394 e. The summed E-state index contributed by atoms with van der Waals surface area (Å²) in [5, 5.41) is 26.7. The number of allylic oxidation sites excluding steroid dienone is 1. The molecule has 1 aromatic carbocycles. The minimum atomic E-state index is -0.544. The number of nitrogens with zero attached hydrogens (tertiary/aromatic N) is 5. The van der Waals surface area contributed by atoms with Gasteiger partial charge in [-0.3, -0.25) is 28.7 Å². The number of rotatable bonds is 8. The van der Waals surface area contributed by atoms with Crippen molar-refractivity contribution in [1.82, 2.24) is 34.1 Å². The van der Waals surface area contributed by atoms with Gasteiger partial charge in [-0.15, -0.1) is 11.5 Å². The number of H-pyrrole nitrogens is 2. The fraction of sp³-hybridized carbons (Fsp3) is 0.353. The fourth-order valence-corrected chi connectivity index (χ4v) is 5.57. The first-order valence-corrected chi connectivity index (χ1v) is 15.6. The first kappa shape index (κ1) is 34.9. The van der Waals surface area contributed by atoms with Gasteiger partial charge in [-0.25, -0.2) is 14.3 Å². The lowest BCUT2D eigenvalue weighted by Gasteiger charge is -2.15. The molecule has 4 N–H and O–H groups in total. The van der Waals surface area contributed by atoms with E-state index in [1.807, 2.05) is 44.2 Å². The molecule has 0 spiro atoms. The number of benzene rings is 1. The van der Waals surface area contributed by atoms with Crippen LogP contribution in [0.5, 0.6) is 0 Å². The van der Waals surface area contributed by atoms with Crippen LogP contribution in [0.3, 0.4) is 0 Å². The number of para-hydroxylation sites is 1. The molecule has 256 valence electrons. The highest BCUT2D eigenvalue weighted by atomic mass is 16.5. The number of nitrogens with one attached hydrogen (secondary N) is 2. The van der Waals surface area contributed by atoms with Gasteiger partial charge in [-0.05, 0) is 61.1 Å². The van der Waals surface area contributed by atoms with Crippen LogP contribution in [0.15, 0.2) is 74.2 Å². The topological polar surface area (TPSA) is 199 Å². The monoisotopic (exact) mass is 671 g/mol. The van der Waals surface area contributed by atoms with Crippen LogP contribution in [0, 0.1) is 24.2 Å². The average Bonchev–Trinajstić information content (AvgIpc) is 3.82. The molecule has 0 amide bonds. The van der Waals surface area contributed by atoms with E-state index in [-0.39, 0.29) is 42.8 Å². The zero-order valence-corrected chi connectivity index (χ0v) is 26.9. The van der Waals surface area contributed by atoms with Gasteiger partial charge in [-0.2, -0.15) is 0 Å². The van der Waals surface area contributed by atoms with E-state index in [1.54, 1.807) is 23.0 Å². The second-order valence-corrected chi connectivity index (χ2v) is 11.8. The van der Waals surface area contributed by atoms with E-state index >= 15 is 0 Å². The molecule has 0 radical (unpaired) electrons. The zero-order chi connectivity index (χ0) is 35.1. The van der Waals surface area contributed by atoms with Crippen molar-refractivity contribution in [1.29, 1.82) is 0 Å². The summed E-state index contributed by atoms with van der Waals surface area (Å²) in [4.78, 5) is 52.5. The number of hydrogen-bond acceptors (Lipinski definition) is 10. The van der Waals surface area contributed by atoms with E-state index in [0.717, 1.165) is 5.69 Å². The maximum Gasteiger partial charge on any atom is 0.330 e. The van der Waals surface area contributed by atoms with E-state index in [4.69, 9.17) is 15.9 Å². The van der Waals surface area contributed by atoms with Crippen molar-refractivity contribution in [3.8, 4) is 18.0 Å². The third-order valence-electron chi connectivity index (χ3n) is 8.38. The summed E-state index contributed by atoms with van der Waals surface area (Å²) in [5.41, 5.74) is -0.0605. The first-order chi connectivity index (χ1) is 23.6. The summed E-state index contributed by atoms with van der Waals surface area (Å²) >= 11 is 0. The summed E-state index contributed by atoms with van der Waals surface area (Å²) < 4.78 is 15.7. The van der Waals surface area contributed by atoms with Crippen LogP contribution < -0.4 is 22.5 Å².